The minimum absolute atomic E-state index is 0.170. The number of aryl methyl sites for hydroxylation is 1. The zero-order chi connectivity index (χ0) is 19.2. The summed E-state index contributed by atoms with van der Waals surface area (Å²) in [4.78, 5) is 18.9. The number of hydrogen-bond donors (Lipinski definition) is 0. The summed E-state index contributed by atoms with van der Waals surface area (Å²) in [6.45, 7) is 0.640. The molecule has 0 aliphatic heterocycles. The first-order chi connectivity index (χ1) is 13.2. The highest BCUT2D eigenvalue weighted by Crippen LogP contribution is 2.38. The number of rotatable bonds is 9. The average molecular weight is 370 g/mol. The molecule has 0 radical (unpaired) electrons. The van der Waals surface area contributed by atoms with Gasteiger partial charge in [-0.05, 0) is 54.7 Å². The molecule has 3 rings (SSSR count). The normalized spacial score (nSPS) is 13.1. The van der Waals surface area contributed by atoms with Crippen LogP contribution in [0.5, 0.6) is 17.2 Å². The number of aromatic nitrogens is 1. The van der Waals surface area contributed by atoms with Crippen molar-refractivity contribution in [1.29, 1.82) is 0 Å². The Morgan fingerprint density at radius 3 is 2.19 bits per heavy atom. The maximum Gasteiger partial charge on any atom is 0.223 e. The van der Waals surface area contributed by atoms with Crippen LogP contribution < -0.4 is 14.2 Å². The molecule has 1 aliphatic carbocycles. The lowest BCUT2D eigenvalue weighted by Gasteiger charge is -2.23. The minimum Gasteiger partial charge on any atom is -0.493 e. The van der Waals surface area contributed by atoms with Gasteiger partial charge >= 0.3 is 0 Å². The molecule has 0 bridgehead atoms. The lowest BCUT2D eigenvalue weighted by atomic mass is 10.1. The van der Waals surface area contributed by atoms with Gasteiger partial charge in [-0.3, -0.25) is 9.78 Å². The Labute approximate surface area is 160 Å². The van der Waals surface area contributed by atoms with Gasteiger partial charge < -0.3 is 19.1 Å². The molecule has 27 heavy (non-hydrogen) atoms. The summed E-state index contributed by atoms with van der Waals surface area (Å²) in [6.07, 6.45) is 6.76. The standard InChI is InChI=1S/C21H26N2O4/c1-25-18-12-16(13-19(26-2)21(18)27-3)4-7-20(24)23(17-5-6-17)14-15-8-10-22-11-9-15/h8-13,17H,4-7,14H2,1-3H3. The second-order valence-corrected chi connectivity index (χ2v) is 6.64. The zero-order valence-corrected chi connectivity index (χ0v) is 16.1. The Morgan fingerprint density at radius 2 is 1.67 bits per heavy atom. The summed E-state index contributed by atoms with van der Waals surface area (Å²) in [5.41, 5.74) is 2.09. The van der Waals surface area contributed by atoms with Crippen LogP contribution in [0.1, 0.15) is 30.4 Å². The molecular formula is C21H26N2O4. The van der Waals surface area contributed by atoms with Crippen molar-refractivity contribution in [3.8, 4) is 17.2 Å². The maximum absolute atomic E-state index is 12.9. The zero-order valence-electron chi connectivity index (χ0n) is 16.1. The summed E-state index contributed by atoms with van der Waals surface area (Å²) >= 11 is 0. The van der Waals surface area contributed by atoms with Gasteiger partial charge in [0.25, 0.3) is 0 Å². The summed E-state index contributed by atoms with van der Waals surface area (Å²) in [7, 11) is 4.77. The number of carbonyl (C=O) groups is 1. The van der Waals surface area contributed by atoms with Crippen molar-refractivity contribution >= 4 is 5.91 Å². The van der Waals surface area contributed by atoms with E-state index < -0.39 is 0 Å². The van der Waals surface area contributed by atoms with Gasteiger partial charge in [0.2, 0.25) is 11.7 Å². The Kier molecular flexibility index (Phi) is 6.16. The van der Waals surface area contributed by atoms with Crippen LogP contribution in [-0.2, 0) is 17.8 Å². The third kappa shape index (κ3) is 4.70. The molecule has 144 valence electrons. The van der Waals surface area contributed by atoms with Gasteiger partial charge in [0, 0.05) is 31.4 Å². The molecule has 0 saturated heterocycles. The van der Waals surface area contributed by atoms with Crippen molar-refractivity contribution in [1.82, 2.24) is 9.88 Å². The summed E-state index contributed by atoms with van der Waals surface area (Å²) < 4.78 is 16.1. The largest absolute Gasteiger partial charge is 0.493 e. The molecule has 1 aromatic carbocycles. The van der Waals surface area contributed by atoms with Crippen molar-refractivity contribution in [2.75, 3.05) is 21.3 Å². The fourth-order valence-corrected chi connectivity index (χ4v) is 3.17. The van der Waals surface area contributed by atoms with Crippen molar-refractivity contribution in [2.45, 2.75) is 38.3 Å². The molecular weight excluding hydrogens is 344 g/mol. The van der Waals surface area contributed by atoms with Crippen LogP contribution in [0.25, 0.3) is 0 Å². The smallest absolute Gasteiger partial charge is 0.223 e. The highest BCUT2D eigenvalue weighted by Gasteiger charge is 2.32. The number of hydrogen-bond acceptors (Lipinski definition) is 5. The van der Waals surface area contributed by atoms with Gasteiger partial charge in [0.05, 0.1) is 21.3 Å². The second kappa shape index (κ2) is 8.75. The first-order valence-electron chi connectivity index (χ1n) is 9.13. The van der Waals surface area contributed by atoms with Gasteiger partial charge in [0.15, 0.2) is 11.5 Å². The van der Waals surface area contributed by atoms with Gasteiger partial charge in [0.1, 0.15) is 0 Å². The number of nitrogens with zero attached hydrogens (tertiary/aromatic N) is 2. The molecule has 0 spiro atoms. The van der Waals surface area contributed by atoms with E-state index in [4.69, 9.17) is 14.2 Å². The molecule has 1 fully saturated rings. The summed E-state index contributed by atoms with van der Waals surface area (Å²) in [5.74, 6) is 1.95. The van der Waals surface area contributed by atoms with Crippen molar-refractivity contribution in [2.24, 2.45) is 0 Å². The topological polar surface area (TPSA) is 60.9 Å². The monoisotopic (exact) mass is 370 g/mol. The Hall–Kier alpha value is -2.76. The van der Waals surface area contributed by atoms with Crippen LogP contribution in [0, 0.1) is 0 Å². The van der Waals surface area contributed by atoms with Crippen LogP contribution in [-0.4, -0.2) is 43.2 Å². The van der Waals surface area contributed by atoms with E-state index in [-0.39, 0.29) is 5.91 Å². The molecule has 2 aromatic rings. The predicted octanol–water partition coefficient (Wildman–Crippen LogP) is 3.23. The average Bonchev–Trinajstić information content (AvgIpc) is 3.55. The van der Waals surface area contributed by atoms with Crippen molar-refractivity contribution < 1.29 is 19.0 Å². The van der Waals surface area contributed by atoms with E-state index in [0.717, 1.165) is 24.0 Å². The highest BCUT2D eigenvalue weighted by molar-refractivity contribution is 5.77. The molecule has 6 heteroatoms. The summed E-state index contributed by atoms with van der Waals surface area (Å²) in [5, 5.41) is 0. The van der Waals surface area contributed by atoms with E-state index >= 15 is 0 Å². The number of methoxy groups -OCH3 is 3. The molecule has 6 nitrogen and oxygen atoms in total. The molecule has 0 atom stereocenters. The molecule has 1 saturated carbocycles. The van der Waals surface area contributed by atoms with Crippen LogP contribution >= 0.6 is 0 Å². The minimum atomic E-state index is 0.170. The summed E-state index contributed by atoms with van der Waals surface area (Å²) in [6, 6.07) is 8.09. The lowest BCUT2D eigenvalue weighted by molar-refractivity contribution is -0.132. The third-order valence-electron chi connectivity index (χ3n) is 4.76. The van der Waals surface area contributed by atoms with Crippen LogP contribution in [0.2, 0.25) is 0 Å². The van der Waals surface area contributed by atoms with Crippen molar-refractivity contribution in [3.63, 3.8) is 0 Å². The Bertz CT molecular complexity index is 750. The SMILES string of the molecule is COc1cc(CCC(=O)N(Cc2ccncc2)C2CC2)cc(OC)c1OC. The van der Waals surface area contributed by atoms with Crippen LogP contribution in [0.4, 0.5) is 0 Å². The third-order valence-corrected chi connectivity index (χ3v) is 4.76. The number of amides is 1. The first kappa shape index (κ1) is 19.0. The number of pyridine rings is 1. The van der Waals surface area contributed by atoms with Crippen LogP contribution in [0.15, 0.2) is 36.7 Å². The van der Waals surface area contributed by atoms with Gasteiger partial charge in [-0.1, -0.05) is 0 Å². The van der Waals surface area contributed by atoms with Gasteiger partial charge in [-0.25, -0.2) is 0 Å². The van der Waals surface area contributed by atoms with E-state index in [1.807, 2.05) is 29.2 Å². The fraction of sp³-hybridized carbons (Fsp3) is 0.429. The highest BCUT2D eigenvalue weighted by atomic mass is 16.5. The van der Waals surface area contributed by atoms with Gasteiger partial charge in [-0.15, -0.1) is 0 Å². The van der Waals surface area contributed by atoms with Crippen LogP contribution in [0.3, 0.4) is 0 Å². The number of carbonyl (C=O) groups excluding carboxylic acids is 1. The molecule has 1 aromatic heterocycles. The fourth-order valence-electron chi connectivity index (χ4n) is 3.17. The van der Waals surface area contributed by atoms with E-state index in [9.17, 15) is 4.79 Å². The molecule has 1 heterocycles. The van der Waals surface area contributed by atoms with E-state index in [2.05, 4.69) is 4.98 Å². The van der Waals surface area contributed by atoms with E-state index in [0.29, 0.717) is 42.7 Å². The Balaban J connectivity index is 1.68. The quantitative estimate of drug-likeness (QED) is 0.678. The lowest BCUT2D eigenvalue weighted by Crippen LogP contribution is -2.32. The number of ether oxygens (including phenoxy) is 3. The maximum atomic E-state index is 12.9. The van der Waals surface area contributed by atoms with Crippen molar-refractivity contribution in [3.05, 3.63) is 47.8 Å². The number of benzene rings is 1. The molecule has 1 aliphatic rings. The predicted molar refractivity (Wildman–Crippen MR) is 102 cm³/mol. The van der Waals surface area contributed by atoms with E-state index in [1.54, 1.807) is 33.7 Å². The van der Waals surface area contributed by atoms with Gasteiger partial charge in [-0.2, -0.15) is 0 Å². The first-order valence-corrected chi connectivity index (χ1v) is 9.13. The van der Waals surface area contributed by atoms with E-state index in [1.165, 1.54) is 0 Å². The molecule has 1 amide bonds. The molecule has 0 N–H and O–H groups in total. The second-order valence-electron chi connectivity index (χ2n) is 6.64. The molecule has 0 unspecified atom stereocenters. The Morgan fingerprint density at radius 1 is 1.04 bits per heavy atom.